The summed E-state index contributed by atoms with van der Waals surface area (Å²) in [6, 6.07) is 6.72. The molecule has 1 N–H and O–H groups in total. The van der Waals surface area contributed by atoms with Crippen LogP contribution in [0.4, 0.5) is 5.69 Å². The van der Waals surface area contributed by atoms with E-state index in [0.29, 0.717) is 4.90 Å². The summed E-state index contributed by atoms with van der Waals surface area (Å²) in [7, 11) is 0. The summed E-state index contributed by atoms with van der Waals surface area (Å²) in [5.41, 5.74) is 0.159. The van der Waals surface area contributed by atoms with Crippen LogP contribution >= 0.6 is 11.8 Å². The Hall–Kier alpha value is -1.07. The van der Waals surface area contributed by atoms with Crippen LogP contribution in [0.25, 0.3) is 0 Å². The van der Waals surface area contributed by atoms with E-state index in [1.54, 1.807) is 18.2 Å². The molecule has 0 aliphatic carbocycles. The van der Waals surface area contributed by atoms with E-state index in [9.17, 15) is 10.1 Å². The molecule has 15 heavy (non-hydrogen) atoms. The SMILES string of the molecule is O=[N+]([O-])c1ccccc1SCCCCO. The van der Waals surface area contributed by atoms with E-state index >= 15 is 0 Å². The van der Waals surface area contributed by atoms with Crippen LogP contribution in [-0.2, 0) is 0 Å². The zero-order chi connectivity index (χ0) is 11.1. The Kier molecular flexibility index (Phi) is 5.14. The zero-order valence-electron chi connectivity index (χ0n) is 8.26. The molecule has 0 saturated heterocycles. The third kappa shape index (κ3) is 3.89. The van der Waals surface area contributed by atoms with Crippen LogP contribution in [0, 0.1) is 10.1 Å². The third-order valence-corrected chi connectivity index (χ3v) is 3.02. The fraction of sp³-hybridized carbons (Fsp3) is 0.400. The molecule has 82 valence electrons. The number of benzene rings is 1. The molecule has 0 atom stereocenters. The number of unbranched alkanes of at least 4 members (excludes halogenated alkanes) is 1. The van der Waals surface area contributed by atoms with E-state index in [1.807, 2.05) is 0 Å². The Morgan fingerprint density at radius 1 is 1.33 bits per heavy atom. The standard InChI is InChI=1S/C10H13NO3S/c12-7-3-4-8-15-10-6-2-1-5-9(10)11(13)14/h1-2,5-6,12H,3-4,7-8H2. The lowest BCUT2D eigenvalue weighted by molar-refractivity contribution is -0.387. The molecule has 0 aliphatic rings. The highest BCUT2D eigenvalue weighted by Crippen LogP contribution is 2.28. The van der Waals surface area contributed by atoms with Crippen molar-refractivity contribution in [3.05, 3.63) is 34.4 Å². The minimum Gasteiger partial charge on any atom is -0.396 e. The summed E-state index contributed by atoms with van der Waals surface area (Å²) in [6.45, 7) is 0.178. The van der Waals surface area contributed by atoms with Gasteiger partial charge in [-0.1, -0.05) is 12.1 Å². The van der Waals surface area contributed by atoms with Crippen molar-refractivity contribution in [1.82, 2.24) is 0 Å². The summed E-state index contributed by atoms with van der Waals surface area (Å²) in [5.74, 6) is 0.797. The fourth-order valence-electron chi connectivity index (χ4n) is 1.13. The summed E-state index contributed by atoms with van der Waals surface area (Å²) in [5, 5.41) is 19.3. The van der Waals surface area contributed by atoms with Crippen LogP contribution in [0.3, 0.4) is 0 Å². The Morgan fingerprint density at radius 3 is 2.73 bits per heavy atom. The Balaban J connectivity index is 2.56. The number of aliphatic hydroxyl groups is 1. The predicted molar refractivity (Wildman–Crippen MR) is 60.1 cm³/mol. The first kappa shape index (κ1) is 12.0. The van der Waals surface area contributed by atoms with E-state index in [2.05, 4.69) is 0 Å². The molecular formula is C10H13NO3S. The molecule has 0 bridgehead atoms. The smallest absolute Gasteiger partial charge is 0.282 e. The van der Waals surface area contributed by atoms with Gasteiger partial charge in [0.15, 0.2) is 0 Å². The van der Waals surface area contributed by atoms with Crippen molar-refractivity contribution >= 4 is 17.4 Å². The number of aliphatic hydroxyl groups excluding tert-OH is 1. The molecule has 5 heteroatoms. The fourth-order valence-corrected chi connectivity index (χ4v) is 2.16. The summed E-state index contributed by atoms with van der Waals surface area (Å²) >= 11 is 1.46. The van der Waals surface area contributed by atoms with Crippen molar-refractivity contribution in [2.24, 2.45) is 0 Å². The second kappa shape index (κ2) is 6.42. The molecule has 1 aromatic rings. The highest BCUT2D eigenvalue weighted by atomic mass is 32.2. The van der Waals surface area contributed by atoms with E-state index < -0.39 is 0 Å². The topological polar surface area (TPSA) is 63.4 Å². The highest BCUT2D eigenvalue weighted by Gasteiger charge is 2.11. The Morgan fingerprint density at radius 2 is 2.07 bits per heavy atom. The van der Waals surface area contributed by atoms with Gasteiger partial charge in [0.1, 0.15) is 0 Å². The van der Waals surface area contributed by atoms with Gasteiger partial charge in [0.2, 0.25) is 0 Å². The van der Waals surface area contributed by atoms with Gasteiger partial charge in [0, 0.05) is 12.7 Å². The molecule has 1 aromatic carbocycles. The van der Waals surface area contributed by atoms with Gasteiger partial charge in [-0.05, 0) is 24.7 Å². The Bertz CT molecular complexity index is 330. The quantitative estimate of drug-likeness (QED) is 0.351. The maximum atomic E-state index is 10.7. The van der Waals surface area contributed by atoms with Crippen LogP contribution in [-0.4, -0.2) is 22.4 Å². The highest BCUT2D eigenvalue weighted by molar-refractivity contribution is 7.99. The van der Waals surface area contributed by atoms with Crippen LogP contribution < -0.4 is 0 Å². The van der Waals surface area contributed by atoms with Crippen LogP contribution in [0.2, 0.25) is 0 Å². The minimum absolute atomic E-state index is 0.159. The van der Waals surface area contributed by atoms with Gasteiger partial charge >= 0.3 is 0 Å². The van der Waals surface area contributed by atoms with Gasteiger partial charge in [-0.15, -0.1) is 11.8 Å². The van der Waals surface area contributed by atoms with Gasteiger partial charge in [0.05, 0.1) is 9.82 Å². The molecule has 0 unspecified atom stereocenters. The predicted octanol–water partition coefficient (Wildman–Crippen LogP) is 2.46. The lowest BCUT2D eigenvalue weighted by Crippen LogP contribution is -1.91. The number of nitrogens with zero attached hydrogens (tertiary/aromatic N) is 1. The zero-order valence-corrected chi connectivity index (χ0v) is 9.07. The first-order valence-corrected chi connectivity index (χ1v) is 5.71. The van der Waals surface area contributed by atoms with Gasteiger partial charge in [-0.3, -0.25) is 10.1 Å². The number of para-hydroxylation sites is 1. The summed E-state index contributed by atoms with van der Waals surface area (Å²) in [4.78, 5) is 11.0. The Labute approximate surface area is 92.5 Å². The van der Waals surface area contributed by atoms with Crippen molar-refractivity contribution < 1.29 is 10.0 Å². The first-order valence-electron chi connectivity index (χ1n) is 4.73. The van der Waals surface area contributed by atoms with Gasteiger partial charge < -0.3 is 5.11 Å². The number of rotatable bonds is 6. The van der Waals surface area contributed by atoms with Crippen molar-refractivity contribution in [2.45, 2.75) is 17.7 Å². The maximum absolute atomic E-state index is 10.7. The van der Waals surface area contributed by atoms with E-state index in [1.165, 1.54) is 17.8 Å². The second-order valence-electron chi connectivity index (χ2n) is 3.00. The minimum atomic E-state index is -0.367. The third-order valence-electron chi connectivity index (χ3n) is 1.87. The number of nitro groups is 1. The van der Waals surface area contributed by atoms with E-state index in [-0.39, 0.29) is 17.2 Å². The monoisotopic (exact) mass is 227 g/mol. The number of hydrogen-bond donors (Lipinski definition) is 1. The van der Waals surface area contributed by atoms with Crippen LogP contribution in [0.15, 0.2) is 29.2 Å². The number of thioether (sulfide) groups is 1. The normalized spacial score (nSPS) is 10.2. The molecule has 0 aromatic heterocycles. The van der Waals surface area contributed by atoms with Crippen LogP contribution in [0.5, 0.6) is 0 Å². The largest absolute Gasteiger partial charge is 0.396 e. The van der Waals surface area contributed by atoms with Crippen LogP contribution in [0.1, 0.15) is 12.8 Å². The lowest BCUT2D eigenvalue weighted by Gasteiger charge is -2.01. The van der Waals surface area contributed by atoms with Crippen molar-refractivity contribution in [3.63, 3.8) is 0 Å². The molecule has 0 fully saturated rings. The van der Waals surface area contributed by atoms with E-state index in [0.717, 1.165) is 18.6 Å². The van der Waals surface area contributed by atoms with Crippen molar-refractivity contribution in [1.29, 1.82) is 0 Å². The molecule has 0 aliphatic heterocycles. The van der Waals surface area contributed by atoms with Crippen molar-refractivity contribution in [2.75, 3.05) is 12.4 Å². The molecule has 0 amide bonds. The van der Waals surface area contributed by atoms with Gasteiger partial charge in [-0.2, -0.15) is 0 Å². The van der Waals surface area contributed by atoms with Gasteiger partial charge in [-0.25, -0.2) is 0 Å². The van der Waals surface area contributed by atoms with E-state index in [4.69, 9.17) is 5.11 Å². The molecule has 0 saturated carbocycles. The molecule has 0 radical (unpaired) electrons. The molecular weight excluding hydrogens is 214 g/mol. The maximum Gasteiger partial charge on any atom is 0.282 e. The number of nitro benzene ring substituents is 1. The number of hydrogen-bond acceptors (Lipinski definition) is 4. The summed E-state index contributed by atoms with van der Waals surface area (Å²) in [6.07, 6.45) is 1.61. The van der Waals surface area contributed by atoms with Crippen molar-refractivity contribution in [3.8, 4) is 0 Å². The average molecular weight is 227 g/mol. The molecule has 1 rings (SSSR count). The molecule has 4 nitrogen and oxygen atoms in total. The first-order chi connectivity index (χ1) is 7.25. The molecule has 0 spiro atoms. The van der Waals surface area contributed by atoms with Gasteiger partial charge in [0.25, 0.3) is 5.69 Å². The summed E-state index contributed by atoms with van der Waals surface area (Å²) < 4.78 is 0. The molecule has 0 heterocycles. The average Bonchev–Trinajstić information content (AvgIpc) is 2.25. The second-order valence-corrected chi connectivity index (χ2v) is 4.14. The lowest BCUT2D eigenvalue weighted by atomic mass is 10.3.